The van der Waals surface area contributed by atoms with Gasteiger partial charge in [-0.3, -0.25) is 0 Å². The Balaban J connectivity index is 2.15. The van der Waals surface area contributed by atoms with Crippen LogP contribution in [0, 0.1) is 0 Å². The fraction of sp³-hybridized carbons (Fsp3) is 1.00. The van der Waals surface area contributed by atoms with Gasteiger partial charge in [-0.1, -0.05) is 0 Å². The number of hydrogen-bond donors (Lipinski definition) is 1. The van der Waals surface area contributed by atoms with E-state index in [1.54, 1.807) is 0 Å². The quantitative estimate of drug-likeness (QED) is 0.677. The first-order valence-electron chi connectivity index (χ1n) is 6.36. The molecule has 96 valence electrons. The highest BCUT2D eigenvalue weighted by atomic mass is 16.7. The molecule has 2 N–H and O–H groups in total. The molecule has 0 bridgehead atoms. The van der Waals surface area contributed by atoms with Crippen molar-refractivity contribution in [1.29, 1.82) is 0 Å². The van der Waals surface area contributed by atoms with E-state index in [1.807, 2.05) is 13.8 Å². The van der Waals surface area contributed by atoms with Crippen molar-refractivity contribution in [2.24, 2.45) is 5.73 Å². The SMILES string of the molecule is CCOC(COC1CCC(N)CC1)OCC. The maximum absolute atomic E-state index is 5.84. The zero-order chi connectivity index (χ0) is 11.8. The first kappa shape index (κ1) is 13.9. The fourth-order valence-electron chi connectivity index (χ4n) is 1.99. The summed E-state index contributed by atoms with van der Waals surface area (Å²) in [6.07, 6.45) is 4.38. The Labute approximate surface area is 98.4 Å². The van der Waals surface area contributed by atoms with E-state index in [4.69, 9.17) is 19.9 Å². The zero-order valence-electron chi connectivity index (χ0n) is 10.5. The average molecular weight is 231 g/mol. The molecule has 1 saturated carbocycles. The standard InChI is InChI=1S/C12H25NO3/c1-3-14-12(15-4-2)9-16-11-7-5-10(13)6-8-11/h10-12H,3-9,13H2,1-2H3. The Morgan fingerprint density at radius 2 is 1.62 bits per heavy atom. The highest BCUT2D eigenvalue weighted by Crippen LogP contribution is 2.20. The molecule has 0 aliphatic heterocycles. The molecular weight excluding hydrogens is 206 g/mol. The minimum Gasteiger partial charge on any atom is -0.373 e. The molecule has 0 saturated heterocycles. The molecule has 0 aromatic heterocycles. The lowest BCUT2D eigenvalue weighted by Crippen LogP contribution is -2.33. The van der Waals surface area contributed by atoms with Gasteiger partial charge in [-0.2, -0.15) is 0 Å². The molecule has 1 aliphatic carbocycles. The summed E-state index contributed by atoms with van der Waals surface area (Å²) < 4.78 is 16.6. The maximum atomic E-state index is 5.84. The maximum Gasteiger partial charge on any atom is 0.180 e. The van der Waals surface area contributed by atoms with E-state index >= 15 is 0 Å². The molecule has 4 nitrogen and oxygen atoms in total. The monoisotopic (exact) mass is 231 g/mol. The van der Waals surface area contributed by atoms with Gasteiger partial charge in [-0.15, -0.1) is 0 Å². The van der Waals surface area contributed by atoms with Gasteiger partial charge in [0.05, 0.1) is 12.7 Å². The smallest absolute Gasteiger partial charge is 0.180 e. The third kappa shape index (κ3) is 5.25. The van der Waals surface area contributed by atoms with Gasteiger partial charge in [-0.05, 0) is 39.5 Å². The van der Waals surface area contributed by atoms with Crippen molar-refractivity contribution in [1.82, 2.24) is 0 Å². The van der Waals surface area contributed by atoms with E-state index in [0.29, 0.717) is 32.0 Å². The van der Waals surface area contributed by atoms with Gasteiger partial charge in [0.15, 0.2) is 6.29 Å². The normalized spacial score (nSPS) is 26.2. The van der Waals surface area contributed by atoms with Crippen molar-refractivity contribution in [2.75, 3.05) is 19.8 Å². The van der Waals surface area contributed by atoms with Crippen LogP contribution in [0.2, 0.25) is 0 Å². The van der Waals surface area contributed by atoms with E-state index in [1.165, 1.54) is 0 Å². The van der Waals surface area contributed by atoms with Crippen molar-refractivity contribution in [3.8, 4) is 0 Å². The molecule has 1 rings (SSSR count). The Bertz CT molecular complexity index is 164. The van der Waals surface area contributed by atoms with Gasteiger partial charge < -0.3 is 19.9 Å². The van der Waals surface area contributed by atoms with Crippen molar-refractivity contribution >= 4 is 0 Å². The molecule has 0 atom stereocenters. The molecule has 4 heteroatoms. The van der Waals surface area contributed by atoms with Crippen LogP contribution in [0.15, 0.2) is 0 Å². The van der Waals surface area contributed by atoms with Crippen LogP contribution in [0.25, 0.3) is 0 Å². The third-order valence-corrected chi connectivity index (χ3v) is 2.89. The molecule has 0 heterocycles. The van der Waals surface area contributed by atoms with Crippen molar-refractivity contribution in [3.05, 3.63) is 0 Å². The molecule has 0 amide bonds. The molecule has 0 unspecified atom stereocenters. The first-order valence-corrected chi connectivity index (χ1v) is 6.36. The topological polar surface area (TPSA) is 53.7 Å². The van der Waals surface area contributed by atoms with Gasteiger partial charge in [0.2, 0.25) is 0 Å². The van der Waals surface area contributed by atoms with Gasteiger partial charge >= 0.3 is 0 Å². The summed E-state index contributed by atoms with van der Waals surface area (Å²) in [7, 11) is 0. The van der Waals surface area contributed by atoms with Crippen LogP contribution < -0.4 is 5.73 Å². The highest BCUT2D eigenvalue weighted by Gasteiger charge is 2.20. The molecule has 1 aliphatic rings. The lowest BCUT2D eigenvalue weighted by atomic mass is 9.94. The minimum atomic E-state index is -0.217. The first-order chi connectivity index (χ1) is 7.76. The lowest BCUT2D eigenvalue weighted by molar-refractivity contribution is -0.178. The van der Waals surface area contributed by atoms with Crippen molar-refractivity contribution in [2.45, 2.75) is 58.0 Å². The van der Waals surface area contributed by atoms with E-state index in [0.717, 1.165) is 25.7 Å². The fourth-order valence-corrected chi connectivity index (χ4v) is 1.99. The summed E-state index contributed by atoms with van der Waals surface area (Å²) >= 11 is 0. The molecule has 1 fully saturated rings. The molecule has 16 heavy (non-hydrogen) atoms. The van der Waals surface area contributed by atoms with Gasteiger partial charge in [-0.25, -0.2) is 0 Å². The number of hydrogen-bond acceptors (Lipinski definition) is 4. The number of nitrogens with two attached hydrogens (primary N) is 1. The van der Waals surface area contributed by atoms with Crippen molar-refractivity contribution < 1.29 is 14.2 Å². The number of ether oxygens (including phenoxy) is 3. The predicted molar refractivity (Wildman–Crippen MR) is 63.2 cm³/mol. The average Bonchev–Trinajstić information content (AvgIpc) is 2.29. The Kier molecular flexibility index (Phi) is 6.96. The van der Waals surface area contributed by atoms with Gasteiger partial charge in [0.25, 0.3) is 0 Å². The zero-order valence-corrected chi connectivity index (χ0v) is 10.5. The predicted octanol–water partition coefficient (Wildman–Crippen LogP) is 1.67. The summed E-state index contributed by atoms with van der Waals surface area (Å²) in [4.78, 5) is 0. The molecule has 0 radical (unpaired) electrons. The summed E-state index contributed by atoms with van der Waals surface area (Å²) in [5.41, 5.74) is 5.84. The summed E-state index contributed by atoms with van der Waals surface area (Å²) in [6.45, 7) is 5.77. The molecule has 0 aromatic carbocycles. The Morgan fingerprint density at radius 1 is 1.06 bits per heavy atom. The summed E-state index contributed by atoms with van der Waals surface area (Å²) in [6, 6.07) is 0.370. The Hall–Kier alpha value is -0.160. The molecule has 0 spiro atoms. The van der Waals surface area contributed by atoms with E-state index in [2.05, 4.69) is 0 Å². The second-order valence-corrected chi connectivity index (χ2v) is 4.21. The van der Waals surface area contributed by atoms with Crippen LogP contribution >= 0.6 is 0 Å². The van der Waals surface area contributed by atoms with Crippen molar-refractivity contribution in [3.63, 3.8) is 0 Å². The van der Waals surface area contributed by atoms with Crippen LogP contribution in [-0.4, -0.2) is 38.3 Å². The molecule has 0 aromatic rings. The Morgan fingerprint density at radius 3 is 2.12 bits per heavy atom. The second-order valence-electron chi connectivity index (χ2n) is 4.21. The van der Waals surface area contributed by atoms with Crippen LogP contribution in [-0.2, 0) is 14.2 Å². The number of rotatable bonds is 7. The lowest BCUT2D eigenvalue weighted by Gasteiger charge is -2.27. The minimum absolute atomic E-state index is 0.217. The second kappa shape index (κ2) is 8.01. The van der Waals surface area contributed by atoms with Crippen LogP contribution in [0.5, 0.6) is 0 Å². The largest absolute Gasteiger partial charge is 0.373 e. The van der Waals surface area contributed by atoms with E-state index in [9.17, 15) is 0 Å². The van der Waals surface area contributed by atoms with Gasteiger partial charge in [0.1, 0.15) is 0 Å². The van der Waals surface area contributed by atoms with Crippen LogP contribution in [0.3, 0.4) is 0 Å². The van der Waals surface area contributed by atoms with Crippen LogP contribution in [0.1, 0.15) is 39.5 Å². The van der Waals surface area contributed by atoms with Crippen LogP contribution in [0.4, 0.5) is 0 Å². The van der Waals surface area contributed by atoms with E-state index < -0.39 is 0 Å². The highest BCUT2D eigenvalue weighted by molar-refractivity contribution is 4.74. The summed E-state index contributed by atoms with van der Waals surface area (Å²) in [5, 5.41) is 0. The molecular formula is C12H25NO3. The van der Waals surface area contributed by atoms with E-state index in [-0.39, 0.29) is 6.29 Å². The summed E-state index contributed by atoms with van der Waals surface area (Å²) in [5.74, 6) is 0. The van der Waals surface area contributed by atoms with Gasteiger partial charge in [0, 0.05) is 19.3 Å². The third-order valence-electron chi connectivity index (χ3n) is 2.89.